The molecule has 3 aromatic heterocycles. The first kappa shape index (κ1) is 20.5. The molecule has 1 N–H and O–H groups in total. The Kier molecular flexibility index (Phi) is 5.07. The summed E-state index contributed by atoms with van der Waals surface area (Å²) in [5.74, 6) is 0.461. The normalized spacial score (nSPS) is 12.4. The molecule has 0 spiro atoms. The Hall–Kier alpha value is -3.43. The lowest BCUT2D eigenvalue weighted by molar-refractivity contribution is 0.700. The molecule has 10 heteroatoms. The zero-order valence-electron chi connectivity index (χ0n) is 17.2. The maximum atomic E-state index is 13.8. The minimum Gasteiger partial charge on any atom is -0.329 e. The molecule has 0 aliphatic heterocycles. The summed E-state index contributed by atoms with van der Waals surface area (Å²) in [5.41, 5.74) is 3.51. The van der Waals surface area contributed by atoms with Gasteiger partial charge in [-0.1, -0.05) is 35.9 Å². The lowest BCUT2D eigenvalue weighted by Gasteiger charge is -2.22. The molecule has 0 radical (unpaired) electrons. The average molecular weight is 464 g/mol. The molecule has 0 saturated carbocycles. The van der Waals surface area contributed by atoms with E-state index in [2.05, 4.69) is 19.9 Å². The van der Waals surface area contributed by atoms with Crippen LogP contribution in [0, 0.1) is 0 Å². The van der Waals surface area contributed by atoms with Crippen LogP contribution in [0.25, 0.3) is 33.5 Å². The number of hydrogen-bond donors (Lipinski definition) is 2. The molecule has 0 bridgehead atoms. The molecule has 0 aliphatic rings. The average Bonchev–Trinajstić information content (AvgIpc) is 3.27. The molecule has 0 fully saturated rings. The predicted octanol–water partition coefficient (Wildman–Crippen LogP) is 3.60. The Morgan fingerprint density at radius 3 is 2.69 bits per heavy atom. The third-order valence-corrected chi connectivity index (χ3v) is 6.07. The maximum Gasteiger partial charge on any atom is 0.280 e. The molecule has 32 heavy (non-hydrogen) atoms. The lowest BCUT2D eigenvalue weighted by Crippen LogP contribution is -2.38. The summed E-state index contributed by atoms with van der Waals surface area (Å²) in [7, 11) is 3.57. The Balaban J connectivity index is 1.80. The van der Waals surface area contributed by atoms with Crippen LogP contribution in [0.2, 0.25) is 5.02 Å². The van der Waals surface area contributed by atoms with Gasteiger partial charge in [0.05, 0.1) is 33.2 Å². The Morgan fingerprint density at radius 1 is 1.09 bits per heavy atom. The SMILES string of the molecule is CN(C)n1c(-c2ccccc2Cl)nc2cccc(C(S)c3ncnc4[nH]cnc34)c2c1=O. The molecule has 0 saturated heterocycles. The minimum atomic E-state index is -0.510. The second-order valence-corrected chi connectivity index (χ2v) is 8.31. The molecule has 0 amide bonds. The lowest BCUT2D eigenvalue weighted by atomic mass is 10.0. The van der Waals surface area contributed by atoms with Crippen LogP contribution < -0.4 is 10.6 Å². The smallest absolute Gasteiger partial charge is 0.280 e. The minimum absolute atomic E-state index is 0.225. The molecular formula is C22H18ClN7OS. The summed E-state index contributed by atoms with van der Waals surface area (Å²) in [4.78, 5) is 34.5. The van der Waals surface area contributed by atoms with Crippen LogP contribution in [0.3, 0.4) is 0 Å². The highest BCUT2D eigenvalue weighted by molar-refractivity contribution is 7.80. The summed E-state index contributed by atoms with van der Waals surface area (Å²) in [6.07, 6.45) is 3.01. The quantitative estimate of drug-likeness (QED) is 0.396. The number of hydrogen-bond acceptors (Lipinski definition) is 7. The number of aromatic amines is 1. The van der Waals surface area contributed by atoms with Crippen LogP contribution in [-0.4, -0.2) is 43.7 Å². The second kappa shape index (κ2) is 7.92. The van der Waals surface area contributed by atoms with Gasteiger partial charge in [0.25, 0.3) is 5.56 Å². The molecule has 160 valence electrons. The van der Waals surface area contributed by atoms with Crippen molar-refractivity contribution < 1.29 is 0 Å². The molecule has 1 atom stereocenters. The van der Waals surface area contributed by atoms with E-state index in [-0.39, 0.29) is 5.56 Å². The summed E-state index contributed by atoms with van der Waals surface area (Å²) in [5, 5.41) is 2.15. The van der Waals surface area contributed by atoms with Crippen LogP contribution >= 0.6 is 24.2 Å². The summed E-state index contributed by atoms with van der Waals surface area (Å²) < 4.78 is 1.51. The van der Waals surface area contributed by atoms with Crippen molar-refractivity contribution >= 4 is 46.3 Å². The number of H-pyrrole nitrogens is 1. The highest BCUT2D eigenvalue weighted by Gasteiger charge is 2.23. The van der Waals surface area contributed by atoms with Crippen molar-refractivity contribution in [2.24, 2.45) is 0 Å². The molecule has 5 aromatic rings. The number of imidazole rings is 1. The van der Waals surface area contributed by atoms with Crippen LogP contribution in [0.5, 0.6) is 0 Å². The number of nitrogens with one attached hydrogen (secondary N) is 1. The van der Waals surface area contributed by atoms with Crippen molar-refractivity contribution in [3.63, 3.8) is 0 Å². The maximum absolute atomic E-state index is 13.8. The van der Waals surface area contributed by atoms with Crippen LogP contribution in [0.1, 0.15) is 16.5 Å². The third-order valence-electron chi connectivity index (χ3n) is 5.22. The Bertz CT molecular complexity index is 1530. The van der Waals surface area contributed by atoms with Gasteiger partial charge in [-0.15, -0.1) is 0 Å². The van der Waals surface area contributed by atoms with Crippen LogP contribution in [0.15, 0.2) is 59.9 Å². The van der Waals surface area contributed by atoms with Gasteiger partial charge in [-0.2, -0.15) is 12.6 Å². The first-order chi connectivity index (χ1) is 15.5. The fraction of sp³-hybridized carbons (Fsp3) is 0.136. The first-order valence-corrected chi connectivity index (χ1v) is 10.7. The highest BCUT2D eigenvalue weighted by atomic mass is 35.5. The van der Waals surface area contributed by atoms with Crippen molar-refractivity contribution in [2.45, 2.75) is 5.25 Å². The van der Waals surface area contributed by atoms with Crippen molar-refractivity contribution in [3.8, 4) is 11.4 Å². The van der Waals surface area contributed by atoms with E-state index in [0.29, 0.717) is 49.7 Å². The molecular weight excluding hydrogens is 446 g/mol. The van der Waals surface area contributed by atoms with Crippen LogP contribution in [-0.2, 0) is 0 Å². The van der Waals surface area contributed by atoms with Gasteiger partial charge in [0.15, 0.2) is 11.5 Å². The molecule has 5 rings (SSSR count). The van der Waals surface area contributed by atoms with Crippen molar-refractivity contribution in [1.29, 1.82) is 0 Å². The second-order valence-electron chi connectivity index (χ2n) is 7.38. The van der Waals surface area contributed by atoms with E-state index in [1.165, 1.54) is 11.0 Å². The number of halogens is 1. The standard InChI is InChI=1S/C22H18ClN7OS/c1-29(2)30-21(12-6-3-4-8-14(12)23)28-15-9-5-7-13(16(15)22(30)31)19(32)17-18-20(26-10-24-17)27-11-25-18/h3-11,19,32H,1-2H3,(H,24,25,26,27). The molecule has 1 unspecified atom stereocenters. The summed E-state index contributed by atoms with van der Waals surface area (Å²) in [6.45, 7) is 0. The van der Waals surface area contributed by atoms with Crippen molar-refractivity contribution in [2.75, 3.05) is 19.1 Å². The molecule has 0 aliphatic carbocycles. The topological polar surface area (TPSA) is 92.6 Å². The van der Waals surface area contributed by atoms with Gasteiger partial charge >= 0.3 is 0 Å². The van der Waals surface area contributed by atoms with E-state index >= 15 is 0 Å². The number of rotatable bonds is 4. The number of nitrogens with zero attached hydrogens (tertiary/aromatic N) is 6. The van der Waals surface area contributed by atoms with E-state index in [9.17, 15) is 4.79 Å². The Labute approximate surface area is 193 Å². The molecule has 8 nitrogen and oxygen atoms in total. The largest absolute Gasteiger partial charge is 0.329 e. The number of fused-ring (bicyclic) bond motifs is 2. The fourth-order valence-corrected chi connectivity index (χ4v) is 4.42. The third kappa shape index (κ3) is 3.21. The predicted molar refractivity (Wildman–Crippen MR) is 129 cm³/mol. The molecule has 2 aromatic carbocycles. The zero-order chi connectivity index (χ0) is 22.4. The summed E-state index contributed by atoms with van der Waals surface area (Å²) in [6, 6.07) is 12.8. The van der Waals surface area contributed by atoms with Gasteiger partial charge < -0.3 is 9.99 Å². The highest BCUT2D eigenvalue weighted by Crippen LogP contribution is 2.34. The fourth-order valence-electron chi connectivity index (χ4n) is 3.79. The molecule has 3 heterocycles. The van der Waals surface area contributed by atoms with Gasteiger partial charge in [-0.3, -0.25) is 4.79 Å². The van der Waals surface area contributed by atoms with E-state index in [4.69, 9.17) is 29.2 Å². The number of benzene rings is 2. The van der Waals surface area contributed by atoms with E-state index in [1.807, 2.05) is 36.4 Å². The van der Waals surface area contributed by atoms with Gasteiger partial charge in [-0.05, 0) is 23.8 Å². The number of aromatic nitrogens is 6. The van der Waals surface area contributed by atoms with Crippen LogP contribution in [0.4, 0.5) is 0 Å². The van der Waals surface area contributed by atoms with E-state index < -0.39 is 5.25 Å². The van der Waals surface area contributed by atoms with Crippen molar-refractivity contribution in [1.82, 2.24) is 29.6 Å². The van der Waals surface area contributed by atoms with E-state index in [0.717, 1.165) is 0 Å². The number of thiol groups is 1. The monoisotopic (exact) mass is 463 g/mol. The Morgan fingerprint density at radius 2 is 1.91 bits per heavy atom. The van der Waals surface area contributed by atoms with Gasteiger partial charge in [-0.25, -0.2) is 24.6 Å². The zero-order valence-corrected chi connectivity index (χ0v) is 18.8. The first-order valence-electron chi connectivity index (χ1n) is 9.77. The van der Waals surface area contributed by atoms with E-state index in [1.54, 1.807) is 31.5 Å². The van der Waals surface area contributed by atoms with Gasteiger partial charge in [0.1, 0.15) is 11.8 Å². The summed E-state index contributed by atoms with van der Waals surface area (Å²) >= 11 is 11.3. The van der Waals surface area contributed by atoms with Gasteiger partial charge in [0, 0.05) is 19.7 Å². The van der Waals surface area contributed by atoms with Crippen molar-refractivity contribution in [3.05, 3.63) is 81.8 Å². The van der Waals surface area contributed by atoms with Gasteiger partial charge in [0.2, 0.25) is 0 Å².